The summed E-state index contributed by atoms with van der Waals surface area (Å²) in [6, 6.07) is 0. The van der Waals surface area contributed by atoms with Crippen molar-refractivity contribution in [3.63, 3.8) is 0 Å². The third kappa shape index (κ3) is 9.20. The highest BCUT2D eigenvalue weighted by Crippen LogP contribution is 1.80. The number of aliphatic hydroxyl groups is 1. The molecule has 0 aromatic carbocycles. The summed E-state index contributed by atoms with van der Waals surface area (Å²) < 4.78 is 9.89. The number of aliphatic hydroxyl groups excluding tert-OH is 1. The first-order valence-corrected chi connectivity index (χ1v) is 3.49. The summed E-state index contributed by atoms with van der Waals surface area (Å²) in [6.07, 6.45) is 4.88. The molecule has 0 fully saturated rings. The summed E-state index contributed by atoms with van der Waals surface area (Å²) >= 11 is 0. The van der Waals surface area contributed by atoms with E-state index in [1.165, 1.54) is 0 Å². The van der Waals surface area contributed by atoms with Crippen molar-refractivity contribution in [2.45, 2.75) is 0 Å². The highest BCUT2D eigenvalue weighted by molar-refractivity contribution is 4.92. The Morgan fingerprint density at radius 3 is 2.73 bits per heavy atom. The van der Waals surface area contributed by atoms with Gasteiger partial charge in [-0.1, -0.05) is 12.7 Å². The van der Waals surface area contributed by atoms with Crippen molar-refractivity contribution in [2.75, 3.05) is 26.4 Å². The predicted octanol–water partition coefficient (Wildman–Crippen LogP) is 0.712. The van der Waals surface area contributed by atoms with Gasteiger partial charge in [0.05, 0.1) is 26.1 Å². The second kappa shape index (κ2) is 9.20. The lowest BCUT2D eigenvalue weighted by Crippen LogP contribution is -2.04. The monoisotopic (exact) mass is 158 g/mol. The maximum Gasteiger partial charge on any atom is 0.111 e. The molecule has 0 atom stereocenters. The average Bonchev–Trinajstić information content (AvgIpc) is 2.03. The lowest BCUT2D eigenvalue weighted by molar-refractivity contribution is 0.0601. The van der Waals surface area contributed by atoms with Gasteiger partial charge >= 0.3 is 0 Å². The summed E-state index contributed by atoms with van der Waals surface area (Å²) in [5.41, 5.74) is 0. The molecule has 0 saturated carbocycles. The Bertz CT molecular complexity index is 110. The Balaban J connectivity index is 2.90. The topological polar surface area (TPSA) is 38.7 Å². The second-order valence-electron chi connectivity index (χ2n) is 1.77. The molecule has 0 aliphatic heterocycles. The van der Waals surface area contributed by atoms with E-state index >= 15 is 0 Å². The maximum absolute atomic E-state index is 8.31. The molecule has 3 nitrogen and oxygen atoms in total. The van der Waals surface area contributed by atoms with Crippen molar-refractivity contribution < 1.29 is 14.6 Å². The van der Waals surface area contributed by atoms with E-state index in [1.54, 1.807) is 18.4 Å². The first-order valence-electron chi connectivity index (χ1n) is 3.49. The Labute approximate surface area is 66.9 Å². The van der Waals surface area contributed by atoms with Crippen molar-refractivity contribution in [2.24, 2.45) is 0 Å². The molecule has 1 N–H and O–H groups in total. The van der Waals surface area contributed by atoms with E-state index < -0.39 is 0 Å². The zero-order valence-electron chi connectivity index (χ0n) is 6.53. The third-order valence-electron chi connectivity index (χ3n) is 0.892. The molecule has 0 heterocycles. The number of ether oxygens (including phenoxy) is 2. The van der Waals surface area contributed by atoms with Gasteiger partial charge in [-0.05, 0) is 6.08 Å². The number of allylic oxidation sites excluding steroid dienone is 2. The molecule has 0 amide bonds. The molecular weight excluding hydrogens is 144 g/mol. The van der Waals surface area contributed by atoms with Crippen LogP contribution in [0.2, 0.25) is 0 Å². The van der Waals surface area contributed by atoms with Crippen molar-refractivity contribution in [3.8, 4) is 0 Å². The summed E-state index contributed by atoms with van der Waals surface area (Å²) in [7, 11) is 0. The standard InChI is InChI=1S/C8H14O3/c1-2-3-5-10-7-8-11-6-4-9/h2-3,5,9H,1,4,6-8H2. The zero-order chi connectivity index (χ0) is 8.36. The summed E-state index contributed by atoms with van der Waals surface area (Å²) in [6.45, 7) is 4.91. The Morgan fingerprint density at radius 2 is 2.09 bits per heavy atom. The molecule has 0 spiro atoms. The van der Waals surface area contributed by atoms with Gasteiger partial charge in [-0.2, -0.15) is 0 Å². The maximum atomic E-state index is 8.31. The molecule has 0 unspecified atom stereocenters. The molecule has 0 bridgehead atoms. The zero-order valence-corrected chi connectivity index (χ0v) is 6.53. The highest BCUT2D eigenvalue weighted by Gasteiger charge is 1.84. The van der Waals surface area contributed by atoms with E-state index in [2.05, 4.69) is 6.58 Å². The van der Waals surface area contributed by atoms with Gasteiger partial charge in [-0.15, -0.1) is 0 Å². The van der Waals surface area contributed by atoms with Crippen LogP contribution in [0, 0.1) is 0 Å². The van der Waals surface area contributed by atoms with Gasteiger partial charge in [0.1, 0.15) is 6.61 Å². The number of rotatable bonds is 7. The average molecular weight is 158 g/mol. The van der Waals surface area contributed by atoms with Crippen LogP contribution < -0.4 is 0 Å². The van der Waals surface area contributed by atoms with E-state index in [1.807, 2.05) is 0 Å². The third-order valence-corrected chi connectivity index (χ3v) is 0.892. The minimum absolute atomic E-state index is 0.0580. The van der Waals surface area contributed by atoms with Crippen LogP contribution in [0.5, 0.6) is 0 Å². The van der Waals surface area contributed by atoms with Gasteiger partial charge in [-0.3, -0.25) is 0 Å². The van der Waals surface area contributed by atoms with Crippen molar-refractivity contribution in [1.82, 2.24) is 0 Å². The van der Waals surface area contributed by atoms with E-state index in [4.69, 9.17) is 14.6 Å². The van der Waals surface area contributed by atoms with Crippen LogP contribution in [0.15, 0.2) is 25.0 Å². The molecule has 0 aliphatic carbocycles. The second-order valence-corrected chi connectivity index (χ2v) is 1.77. The fourth-order valence-corrected chi connectivity index (χ4v) is 0.453. The van der Waals surface area contributed by atoms with Crippen LogP contribution in [0.4, 0.5) is 0 Å². The normalized spacial score (nSPS) is 10.3. The SMILES string of the molecule is C=CC=COCCOCCO. The molecule has 64 valence electrons. The Kier molecular flexibility index (Phi) is 8.53. The molecule has 0 aromatic rings. The molecule has 0 aliphatic rings. The summed E-state index contributed by atoms with van der Waals surface area (Å²) in [5.74, 6) is 0. The summed E-state index contributed by atoms with van der Waals surface area (Å²) in [5, 5.41) is 8.31. The van der Waals surface area contributed by atoms with E-state index in [9.17, 15) is 0 Å². The van der Waals surface area contributed by atoms with Crippen LogP contribution in [-0.4, -0.2) is 31.5 Å². The lowest BCUT2D eigenvalue weighted by Gasteiger charge is -2.00. The van der Waals surface area contributed by atoms with Gasteiger partial charge in [-0.25, -0.2) is 0 Å². The molecule has 0 saturated heterocycles. The molecular formula is C8H14O3. The van der Waals surface area contributed by atoms with E-state index in [-0.39, 0.29) is 6.61 Å². The smallest absolute Gasteiger partial charge is 0.111 e. The van der Waals surface area contributed by atoms with Gasteiger partial charge in [0, 0.05) is 0 Å². The lowest BCUT2D eigenvalue weighted by atomic mass is 10.6. The fraction of sp³-hybridized carbons (Fsp3) is 0.500. The summed E-state index contributed by atoms with van der Waals surface area (Å²) in [4.78, 5) is 0. The van der Waals surface area contributed by atoms with Crippen LogP contribution in [0.1, 0.15) is 0 Å². The van der Waals surface area contributed by atoms with Crippen LogP contribution in [0.3, 0.4) is 0 Å². The van der Waals surface area contributed by atoms with Crippen molar-refractivity contribution in [1.29, 1.82) is 0 Å². The van der Waals surface area contributed by atoms with Crippen LogP contribution in [0.25, 0.3) is 0 Å². The number of hydrogen-bond donors (Lipinski definition) is 1. The predicted molar refractivity (Wildman–Crippen MR) is 43.2 cm³/mol. The Hall–Kier alpha value is -0.800. The molecule has 0 radical (unpaired) electrons. The minimum atomic E-state index is 0.0580. The van der Waals surface area contributed by atoms with Gasteiger partial charge in [0.15, 0.2) is 0 Å². The van der Waals surface area contributed by atoms with Gasteiger partial charge in [0.2, 0.25) is 0 Å². The van der Waals surface area contributed by atoms with Crippen molar-refractivity contribution in [3.05, 3.63) is 25.0 Å². The van der Waals surface area contributed by atoms with Crippen molar-refractivity contribution >= 4 is 0 Å². The largest absolute Gasteiger partial charge is 0.499 e. The number of hydrogen-bond acceptors (Lipinski definition) is 3. The Morgan fingerprint density at radius 1 is 1.27 bits per heavy atom. The molecule has 11 heavy (non-hydrogen) atoms. The van der Waals surface area contributed by atoms with Crippen LogP contribution >= 0.6 is 0 Å². The molecule has 0 aromatic heterocycles. The molecule has 3 heteroatoms. The quantitative estimate of drug-likeness (QED) is 0.337. The van der Waals surface area contributed by atoms with Gasteiger partial charge < -0.3 is 14.6 Å². The minimum Gasteiger partial charge on any atom is -0.499 e. The van der Waals surface area contributed by atoms with E-state index in [0.717, 1.165) is 0 Å². The van der Waals surface area contributed by atoms with Gasteiger partial charge in [0.25, 0.3) is 0 Å². The first kappa shape index (κ1) is 10.2. The first-order chi connectivity index (χ1) is 5.41. The molecule has 0 rings (SSSR count). The van der Waals surface area contributed by atoms with Crippen LogP contribution in [-0.2, 0) is 9.47 Å². The highest BCUT2D eigenvalue weighted by atomic mass is 16.5. The fourth-order valence-electron chi connectivity index (χ4n) is 0.453. The van der Waals surface area contributed by atoms with E-state index in [0.29, 0.717) is 19.8 Å².